The molecule has 0 aliphatic rings. The highest BCUT2D eigenvalue weighted by molar-refractivity contribution is 5.01. The molecule has 0 atom stereocenters. The second kappa shape index (κ2) is 7.97. The van der Waals surface area contributed by atoms with E-state index in [9.17, 15) is 0 Å². The lowest BCUT2D eigenvalue weighted by Crippen LogP contribution is -1.67. The summed E-state index contributed by atoms with van der Waals surface area (Å²) in [5, 5.41) is 8.12. The Bertz CT molecular complexity index is 149. The summed E-state index contributed by atoms with van der Waals surface area (Å²) >= 11 is 0. The lowest BCUT2D eigenvalue weighted by atomic mass is 10.2. The highest BCUT2D eigenvalue weighted by Gasteiger charge is 1.77. The first-order valence-electron chi connectivity index (χ1n) is 3.57. The smallest absolute Gasteiger partial charge is 0.0908 e. The topological polar surface area (TPSA) is 23.8 Å². The van der Waals surface area contributed by atoms with Crippen LogP contribution in [0.1, 0.15) is 26.2 Å². The van der Waals surface area contributed by atoms with Crippen LogP contribution in [0.15, 0.2) is 24.3 Å². The third-order valence-electron chi connectivity index (χ3n) is 1.17. The first-order valence-corrected chi connectivity index (χ1v) is 3.57. The van der Waals surface area contributed by atoms with Crippen molar-refractivity contribution in [3.8, 4) is 6.07 Å². The molecule has 0 rings (SSSR count). The van der Waals surface area contributed by atoms with E-state index in [1.54, 1.807) is 0 Å². The SMILES string of the molecule is C/C=C\CCC/C=C/C#N. The lowest BCUT2D eigenvalue weighted by Gasteiger charge is -1.86. The normalized spacial score (nSPS) is 10.8. The molecule has 0 saturated heterocycles. The monoisotopic (exact) mass is 135 g/mol. The molecule has 0 heterocycles. The van der Waals surface area contributed by atoms with Crippen molar-refractivity contribution in [3.05, 3.63) is 24.3 Å². The van der Waals surface area contributed by atoms with E-state index in [0.29, 0.717) is 0 Å². The summed E-state index contributed by atoms with van der Waals surface area (Å²) in [7, 11) is 0. The minimum Gasteiger partial charge on any atom is -0.193 e. The molecule has 0 unspecified atom stereocenters. The lowest BCUT2D eigenvalue weighted by molar-refractivity contribution is 0.867. The third-order valence-corrected chi connectivity index (χ3v) is 1.17. The highest BCUT2D eigenvalue weighted by atomic mass is 14.2. The van der Waals surface area contributed by atoms with E-state index in [0.717, 1.165) is 19.3 Å². The molecule has 0 saturated carbocycles. The molecule has 0 amide bonds. The van der Waals surface area contributed by atoms with Gasteiger partial charge in [0.2, 0.25) is 0 Å². The van der Waals surface area contributed by atoms with E-state index in [1.165, 1.54) is 6.08 Å². The first kappa shape index (κ1) is 8.97. The average molecular weight is 135 g/mol. The van der Waals surface area contributed by atoms with E-state index in [4.69, 9.17) is 5.26 Å². The molecule has 0 bridgehead atoms. The van der Waals surface area contributed by atoms with Crippen molar-refractivity contribution in [3.63, 3.8) is 0 Å². The van der Waals surface area contributed by atoms with Crippen molar-refractivity contribution in [1.29, 1.82) is 5.26 Å². The molecule has 1 nitrogen and oxygen atoms in total. The van der Waals surface area contributed by atoms with Gasteiger partial charge in [-0.15, -0.1) is 0 Å². The van der Waals surface area contributed by atoms with Gasteiger partial charge in [0, 0.05) is 6.08 Å². The van der Waals surface area contributed by atoms with Gasteiger partial charge in [-0.25, -0.2) is 0 Å². The van der Waals surface area contributed by atoms with Crippen molar-refractivity contribution in [1.82, 2.24) is 0 Å². The van der Waals surface area contributed by atoms with Crippen molar-refractivity contribution in [2.45, 2.75) is 26.2 Å². The van der Waals surface area contributed by atoms with Gasteiger partial charge in [-0.05, 0) is 26.2 Å². The zero-order valence-electron chi connectivity index (χ0n) is 6.38. The van der Waals surface area contributed by atoms with Gasteiger partial charge < -0.3 is 0 Å². The summed E-state index contributed by atoms with van der Waals surface area (Å²) in [4.78, 5) is 0. The molecule has 0 N–H and O–H groups in total. The Kier molecular flexibility index (Phi) is 7.15. The predicted octanol–water partition coefficient (Wildman–Crippen LogP) is 2.81. The number of nitrogens with zero attached hydrogens (tertiary/aromatic N) is 1. The van der Waals surface area contributed by atoms with E-state index in [2.05, 4.69) is 6.08 Å². The summed E-state index contributed by atoms with van der Waals surface area (Å²) in [5.41, 5.74) is 0. The molecule has 0 fully saturated rings. The summed E-state index contributed by atoms with van der Waals surface area (Å²) < 4.78 is 0. The maximum absolute atomic E-state index is 8.12. The van der Waals surface area contributed by atoms with Crippen LogP contribution in [0.3, 0.4) is 0 Å². The van der Waals surface area contributed by atoms with Gasteiger partial charge in [-0.1, -0.05) is 18.2 Å². The number of hydrogen-bond donors (Lipinski definition) is 0. The molecular formula is C9H13N. The molecular weight excluding hydrogens is 122 g/mol. The van der Waals surface area contributed by atoms with Gasteiger partial charge in [-0.3, -0.25) is 0 Å². The second-order valence-corrected chi connectivity index (χ2v) is 2.03. The van der Waals surface area contributed by atoms with Crippen LogP contribution < -0.4 is 0 Å². The molecule has 10 heavy (non-hydrogen) atoms. The second-order valence-electron chi connectivity index (χ2n) is 2.03. The number of allylic oxidation sites excluding steroid dienone is 4. The molecule has 0 aromatic carbocycles. The maximum Gasteiger partial charge on any atom is 0.0908 e. The fraction of sp³-hybridized carbons (Fsp3) is 0.444. The number of nitriles is 1. The standard InChI is InChI=1S/C9H13N/c1-2-3-4-5-6-7-8-9-10/h2-3,7-8H,4-6H2,1H3/b3-2-,8-7+. The Hall–Kier alpha value is -1.03. The first-order chi connectivity index (χ1) is 4.91. The molecule has 1 heteroatoms. The van der Waals surface area contributed by atoms with Crippen LogP contribution in [0, 0.1) is 11.3 Å². The quantitative estimate of drug-likeness (QED) is 0.330. The van der Waals surface area contributed by atoms with Crippen molar-refractivity contribution in [2.24, 2.45) is 0 Å². The number of unbranched alkanes of at least 4 members (excludes halogenated alkanes) is 2. The van der Waals surface area contributed by atoms with E-state index in [-0.39, 0.29) is 0 Å². The number of rotatable bonds is 4. The molecule has 0 radical (unpaired) electrons. The van der Waals surface area contributed by atoms with E-state index < -0.39 is 0 Å². The summed E-state index contributed by atoms with van der Waals surface area (Å²) in [6.45, 7) is 2.02. The van der Waals surface area contributed by atoms with Crippen LogP contribution in [-0.4, -0.2) is 0 Å². The van der Waals surface area contributed by atoms with Gasteiger partial charge in [-0.2, -0.15) is 5.26 Å². The van der Waals surface area contributed by atoms with Gasteiger partial charge >= 0.3 is 0 Å². The fourth-order valence-electron chi connectivity index (χ4n) is 0.656. The minimum absolute atomic E-state index is 1.01. The number of hydrogen-bond acceptors (Lipinski definition) is 1. The summed E-state index contributed by atoms with van der Waals surface area (Å²) in [6, 6.07) is 1.96. The van der Waals surface area contributed by atoms with Crippen LogP contribution in [0.5, 0.6) is 0 Å². The van der Waals surface area contributed by atoms with Gasteiger partial charge in [0.1, 0.15) is 0 Å². The summed E-state index contributed by atoms with van der Waals surface area (Å²) in [6.07, 6.45) is 10.9. The zero-order valence-corrected chi connectivity index (χ0v) is 6.38. The minimum atomic E-state index is 1.01. The van der Waals surface area contributed by atoms with E-state index >= 15 is 0 Å². The Morgan fingerprint density at radius 3 is 2.60 bits per heavy atom. The molecule has 0 aromatic heterocycles. The van der Waals surface area contributed by atoms with Crippen LogP contribution in [0.2, 0.25) is 0 Å². The Labute approximate surface area is 62.7 Å². The average Bonchev–Trinajstić information content (AvgIpc) is 1.97. The molecule has 0 aromatic rings. The van der Waals surface area contributed by atoms with Crippen molar-refractivity contribution in [2.75, 3.05) is 0 Å². The fourth-order valence-corrected chi connectivity index (χ4v) is 0.656. The molecule has 0 spiro atoms. The molecule has 0 aliphatic heterocycles. The van der Waals surface area contributed by atoms with Crippen LogP contribution in [0.4, 0.5) is 0 Å². The third kappa shape index (κ3) is 6.97. The van der Waals surface area contributed by atoms with Gasteiger partial charge in [0.25, 0.3) is 0 Å². The summed E-state index contributed by atoms with van der Waals surface area (Å²) in [5.74, 6) is 0. The Morgan fingerprint density at radius 1 is 1.30 bits per heavy atom. The van der Waals surface area contributed by atoms with Crippen molar-refractivity contribution < 1.29 is 0 Å². The van der Waals surface area contributed by atoms with Gasteiger partial charge in [0.15, 0.2) is 0 Å². The Morgan fingerprint density at radius 2 is 2.00 bits per heavy atom. The van der Waals surface area contributed by atoms with Crippen LogP contribution >= 0.6 is 0 Å². The molecule has 0 aliphatic carbocycles. The molecule has 54 valence electrons. The Balaban J connectivity index is 3.07. The zero-order chi connectivity index (χ0) is 7.66. The van der Waals surface area contributed by atoms with Gasteiger partial charge in [0.05, 0.1) is 6.07 Å². The largest absolute Gasteiger partial charge is 0.193 e. The highest BCUT2D eigenvalue weighted by Crippen LogP contribution is 1.96. The van der Waals surface area contributed by atoms with Crippen LogP contribution in [0.25, 0.3) is 0 Å². The van der Waals surface area contributed by atoms with Crippen LogP contribution in [-0.2, 0) is 0 Å². The van der Waals surface area contributed by atoms with E-state index in [1.807, 2.05) is 25.1 Å². The predicted molar refractivity (Wildman–Crippen MR) is 43.4 cm³/mol. The maximum atomic E-state index is 8.12. The van der Waals surface area contributed by atoms with Crippen molar-refractivity contribution >= 4 is 0 Å².